The van der Waals surface area contributed by atoms with Gasteiger partial charge in [-0.3, -0.25) is 4.90 Å². The lowest BCUT2D eigenvalue weighted by Crippen LogP contribution is -2.52. The predicted octanol–water partition coefficient (Wildman–Crippen LogP) is 3.09. The number of nitrogens with zero attached hydrogens (tertiary/aromatic N) is 2. The molecule has 1 rings (SSSR count). The largest absolute Gasteiger partial charge is 0.383 e. The van der Waals surface area contributed by atoms with E-state index in [4.69, 9.17) is 17.3 Å². The molecule has 0 aliphatic rings. The van der Waals surface area contributed by atoms with Crippen LogP contribution in [-0.2, 0) is 0 Å². The van der Waals surface area contributed by atoms with Crippen LogP contribution in [0.25, 0.3) is 0 Å². The molecule has 0 bridgehead atoms. The monoisotopic (exact) mass is 298 g/mol. The SMILES string of the molecule is CCNC(c1cc(Cl)cnc1N)C(C)(C)N(CC)CC. The second-order valence-corrected chi connectivity index (χ2v) is 5.88. The van der Waals surface area contributed by atoms with Gasteiger partial charge in [0.25, 0.3) is 0 Å². The molecular formula is C15H27ClN4. The molecule has 5 heteroatoms. The first-order chi connectivity index (χ1) is 9.38. The van der Waals surface area contributed by atoms with Crippen LogP contribution in [-0.4, -0.2) is 35.1 Å². The average molecular weight is 299 g/mol. The number of aromatic nitrogens is 1. The maximum atomic E-state index is 6.10. The fourth-order valence-corrected chi connectivity index (χ4v) is 3.03. The van der Waals surface area contributed by atoms with Crippen molar-refractivity contribution in [3.63, 3.8) is 0 Å². The van der Waals surface area contributed by atoms with Gasteiger partial charge in [-0.15, -0.1) is 0 Å². The summed E-state index contributed by atoms with van der Waals surface area (Å²) in [6.45, 7) is 13.7. The Balaban J connectivity index is 3.25. The van der Waals surface area contributed by atoms with Gasteiger partial charge in [-0.25, -0.2) is 4.98 Å². The van der Waals surface area contributed by atoms with Gasteiger partial charge in [0.05, 0.1) is 11.1 Å². The minimum absolute atomic E-state index is 0.0820. The summed E-state index contributed by atoms with van der Waals surface area (Å²) in [6, 6.07) is 2.00. The molecule has 1 unspecified atom stereocenters. The number of nitrogens with one attached hydrogen (secondary N) is 1. The van der Waals surface area contributed by atoms with Crippen molar-refractivity contribution < 1.29 is 0 Å². The molecule has 0 saturated carbocycles. The van der Waals surface area contributed by atoms with Gasteiger partial charge < -0.3 is 11.1 Å². The van der Waals surface area contributed by atoms with Crippen LogP contribution in [0, 0.1) is 0 Å². The van der Waals surface area contributed by atoms with Crippen molar-refractivity contribution >= 4 is 17.4 Å². The van der Waals surface area contributed by atoms with E-state index in [0.29, 0.717) is 10.8 Å². The third-order valence-electron chi connectivity index (χ3n) is 3.92. The smallest absolute Gasteiger partial charge is 0.128 e. The molecule has 1 atom stereocenters. The zero-order valence-corrected chi connectivity index (χ0v) is 14.0. The van der Waals surface area contributed by atoms with Crippen molar-refractivity contribution in [3.8, 4) is 0 Å². The molecule has 114 valence electrons. The van der Waals surface area contributed by atoms with Crippen molar-refractivity contribution in [1.29, 1.82) is 0 Å². The van der Waals surface area contributed by atoms with Crippen molar-refractivity contribution in [1.82, 2.24) is 15.2 Å². The molecule has 20 heavy (non-hydrogen) atoms. The van der Waals surface area contributed by atoms with Crippen molar-refractivity contribution in [2.75, 3.05) is 25.4 Å². The summed E-state index contributed by atoms with van der Waals surface area (Å²) < 4.78 is 0. The summed E-state index contributed by atoms with van der Waals surface area (Å²) in [4.78, 5) is 6.61. The highest BCUT2D eigenvalue weighted by atomic mass is 35.5. The van der Waals surface area contributed by atoms with E-state index in [0.717, 1.165) is 25.2 Å². The molecule has 0 amide bonds. The van der Waals surface area contributed by atoms with Gasteiger partial charge in [0.15, 0.2) is 0 Å². The maximum absolute atomic E-state index is 6.10. The zero-order valence-electron chi connectivity index (χ0n) is 13.2. The fourth-order valence-electron chi connectivity index (χ4n) is 2.86. The van der Waals surface area contributed by atoms with Crippen LogP contribution < -0.4 is 11.1 Å². The van der Waals surface area contributed by atoms with Crippen LogP contribution in [0.4, 0.5) is 5.82 Å². The van der Waals surface area contributed by atoms with E-state index in [2.05, 4.69) is 49.8 Å². The Hall–Kier alpha value is -0.840. The van der Waals surface area contributed by atoms with Crippen molar-refractivity contribution in [3.05, 3.63) is 22.8 Å². The number of rotatable bonds is 7. The van der Waals surface area contributed by atoms with Crippen molar-refractivity contribution in [2.45, 2.75) is 46.2 Å². The van der Waals surface area contributed by atoms with E-state index < -0.39 is 0 Å². The molecule has 4 nitrogen and oxygen atoms in total. The Labute approximate surface area is 127 Å². The van der Waals surface area contributed by atoms with E-state index in [-0.39, 0.29) is 11.6 Å². The van der Waals surface area contributed by atoms with Crippen LogP contribution in [0.1, 0.15) is 46.2 Å². The minimum atomic E-state index is -0.0833. The number of hydrogen-bond acceptors (Lipinski definition) is 4. The lowest BCUT2D eigenvalue weighted by molar-refractivity contribution is 0.0920. The quantitative estimate of drug-likeness (QED) is 0.812. The highest BCUT2D eigenvalue weighted by Gasteiger charge is 2.35. The van der Waals surface area contributed by atoms with Gasteiger partial charge in [0.1, 0.15) is 5.82 Å². The molecule has 0 saturated heterocycles. The number of hydrogen-bond donors (Lipinski definition) is 2. The zero-order chi connectivity index (χ0) is 15.3. The molecule has 1 aromatic rings. The summed E-state index contributed by atoms with van der Waals surface area (Å²) in [5.41, 5.74) is 6.96. The number of nitrogens with two attached hydrogens (primary N) is 1. The van der Waals surface area contributed by atoms with Gasteiger partial charge >= 0.3 is 0 Å². The second-order valence-electron chi connectivity index (χ2n) is 5.44. The molecule has 0 aliphatic carbocycles. The maximum Gasteiger partial charge on any atom is 0.128 e. The van der Waals surface area contributed by atoms with Crippen LogP contribution in [0.2, 0.25) is 5.02 Å². The van der Waals surface area contributed by atoms with E-state index in [1.54, 1.807) is 6.20 Å². The topological polar surface area (TPSA) is 54.2 Å². The molecule has 0 aliphatic heterocycles. The number of pyridine rings is 1. The Morgan fingerprint density at radius 1 is 1.35 bits per heavy atom. The van der Waals surface area contributed by atoms with Crippen LogP contribution in [0.15, 0.2) is 12.3 Å². The highest BCUT2D eigenvalue weighted by molar-refractivity contribution is 6.30. The lowest BCUT2D eigenvalue weighted by Gasteiger charge is -2.44. The van der Waals surface area contributed by atoms with E-state index in [9.17, 15) is 0 Å². The first-order valence-corrected chi connectivity index (χ1v) is 7.65. The molecule has 1 aromatic heterocycles. The molecular weight excluding hydrogens is 272 g/mol. The van der Waals surface area contributed by atoms with Crippen LogP contribution in [0.3, 0.4) is 0 Å². The second kappa shape index (κ2) is 7.25. The average Bonchev–Trinajstić information content (AvgIpc) is 2.40. The Morgan fingerprint density at radius 2 is 1.95 bits per heavy atom. The Bertz CT molecular complexity index is 430. The first kappa shape index (κ1) is 17.2. The Kier molecular flexibility index (Phi) is 6.24. The normalized spacial score (nSPS) is 13.8. The molecule has 0 spiro atoms. The number of nitrogen functional groups attached to an aromatic ring is 1. The van der Waals surface area contributed by atoms with Gasteiger partial charge in [-0.05, 0) is 39.5 Å². The van der Waals surface area contributed by atoms with E-state index in [1.165, 1.54) is 0 Å². The predicted molar refractivity (Wildman–Crippen MR) is 87.1 cm³/mol. The number of anilines is 1. The molecule has 0 fully saturated rings. The van der Waals surface area contributed by atoms with Gasteiger partial charge in [-0.2, -0.15) is 0 Å². The summed E-state index contributed by atoms with van der Waals surface area (Å²) >= 11 is 6.10. The van der Waals surface area contributed by atoms with Gasteiger partial charge in [-0.1, -0.05) is 32.4 Å². The number of likely N-dealkylation sites (N-methyl/N-ethyl adjacent to an activating group) is 2. The standard InChI is InChI=1S/C15H27ClN4/c1-6-18-13(15(4,5)20(7-2)8-3)12-9-11(16)10-19-14(12)17/h9-10,13,18H,6-8H2,1-5H3,(H2,17,19). The molecule has 1 heterocycles. The lowest BCUT2D eigenvalue weighted by atomic mass is 9.86. The third kappa shape index (κ3) is 3.62. The van der Waals surface area contributed by atoms with Gasteiger partial charge in [0.2, 0.25) is 0 Å². The third-order valence-corrected chi connectivity index (χ3v) is 4.13. The van der Waals surface area contributed by atoms with Gasteiger partial charge in [0, 0.05) is 17.3 Å². The first-order valence-electron chi connectivity index (χ1n) is 7.27. The summed E-state index contributed by atoms with van der Waals surface area (Å²) in [5.74, 6) is 0.542. The molecule has 0 aromatic carbocycles. The minimum Gasteiger partial charge on any atom is -0.383 e. The molecule has 3 N–H and O–H groups in total. The van der Waals surface area contributed by atoms with Crippen LogP contribution >= 0.6 is 11.6 Å². The van der Waals surface area contributed by atoms with E-state index >= 15 is 0 Å². The highest BCUT2D eigenvalue weighted by Crippen LogP contribution is 2.34. The number of halogens is 1. The molecule has 0 radical (unpaired) electrons. The fraction of sp³-hybridized carbons (Fsp3) is 0.667. The van der Waals surface area contributed by atoms with E-state index in [1.807, 2.05) is 6.07 Å². The van der Waals surface area contributed by atoms with Crippen molar-refractivity contribution in [2.24, 2.45) is 0 Å². The Morgan fingerprint density at radius 3 is 2.45 bits per heavy atom. The van der Waals surface area contributed by atoms with Crippen LogP contribution in [0.5, 0.6) is 0 Å². The summed E-state index contributed by atoms with van der Waals surface area (Å²) in [6.07, 6.45) is 1.59. The summed E-state index contributed by atoms with van der Waals surface area (Å²) in [5, 5.41) is 4.15. The summed E-state index contributed by atoms with van der Waals surface area (Å²) in [7, 11) is 0.